The van der Waals surface area contributed by atoms with Crippen LogP contribution in [0.2, 0.25) is 0 Å². The molecule has 0 aliphatic carbocycles. The van der Waals surface area contributed by atoms with Crippen LogP contribution in [0.3, 0.4) is 0 Å². The normalized spacial score (nSPS) is 12.1. The van der Waals surface area contributed by atoms with Crippen molar-refractivity contribution in [2.24, 2.45) is 0 Å². The summed E-state index contributed by atoms with van der Waals surface area (Å²) in [6.45, 7) is 4.65. The lowest BCUT2D eigenvalue weighted by molar-refractivity contribution is 0.0951. The van der Waals surface area contributed by atoms with Crippen LogP contribution in [0.5, 0.6) is 0 Å². The second kappa shape index (κ2) is 7.60. The van der Waals surface area contributed by atoms with Crippen molar-refractivity contribution >= 4 is 17.1 Å². The number of amides is 1. The molecule has 2 aromatic carbocycles. The molecule has 0 saturated carbocycles. The SMILES string of the molecule is Cc1ccc(C(=O)NCC(C)c2ccccc2)cc1-n1nnc2cccnc21. The van der Waals surface area contributed by atoms with E-state index >= 15 is 0 Å². The predicted molar refractivity (Wildman–Crippen MR) is 109 cm³/mol. The molecule has 4 aromatic rings. The Labute approximate surface area is 163 Å². The molecule has 140 valence electrons. The van der Waals surface area contributed by atoms with Gasteiger partial charge in [0.05, 0.1) is 5.69 Å². The van der Waals surface area contributed by atoms with Crippen molar-refractivity contribution in [1.29, 1.82) is 0 Å². The lowest BCUT2D eigenvalue weighted by atomic mass is 10.0. The van der Waals surface area contributed by atoms with Crippen LogP contribution in [0.15, 0.2) is 66.9 Å². The van der Waals surface area contributed by atoms with Crippen molar-refractivity contribution in [2.75, 3.05) is 6.54 Å². The van der Waals surface area contributed by atoms with Crippen LogP contribution in [-0.2, 0) is 0 Å². The molecule has 28 heavy (non-hydrogen) atoms. The first kappa shape index (κ1) is 17.9. The van der Waals surface area contributed by atoms with Crippen LogP contribution >= 0.6 is 0 Å². The molecule has 6 heteroatoms. The molecule has 0 fully saturated rings. The second-order valence-corrected chi connectivity index (χ2v) is 6.87. The quantitative estimate of drug-likeness (QED) is 0.581. The van der Waals surface area contributed by atoms with Gasteiger partial charge in [-0.25, -0.2) is 4.98 Å². The van der Waals surface area contributed by atoms with Gasteiger partial charge < -0.3 is 5.32 Å². The standard InChI is InChI=1S/C22H21N5O/c1-15-10-11-18(22(28)24-14-16(2)17-7-4-3-5-8-17)13-20(15)27-21-19(25-26-27)9-6-12-23-21/h3-13,16H,14H2,1-2H3,(H,24,28). The number of pyridine rings is 1. The highest BCUT2D eigenvalue weighted by molar-refractivity contribution is 5.95. The van der Waals surface area contributed by atoms with E-state index in [1.54, 1.807) is 10.9 Å². The number of nitrogens with zero attached hydrogens (tertiary/aromatic N) is 4. The van der Waals surface area contributed by atoms with Gasteiger partial charge in [0, 0.05) is 18.3 Å². The van der Waals surface area contributed by atoms with Gasteiger partial charge in [0.25, 0.3) is 5.91 Å². The number of nitrogens with one attached hydrogen (secondary N) is 1. The van der Waals surface area contributed by atoms with Gasteiger partial charge in [-0.15, -0.1) is 5.10 Å². The molecule has 1 atom stereocenters. The fourth-order valence-electron chi connectivity index (χ4n) is 3.15. The number of carbonyl (C=O) groups excluding carboxylic acids is 1. The Kier molecular flexibility index (Phi) is 4.85. The van der Waals surface area contributed by atoms with Crippen molar-refractivity contribution in [3.63, 3.8) is 0 Å². The van der Waals surface area contributed by atoms with E-state index in [0.717, 1.165) is 11.3 Å². The summed E-state index contributed by atoms with van der Waals surface area (Å²) >= 11 is 0. The van der Waals surface area contributed by atoms with E-state index < -0.39 is 0 Å². The van der Waals surface area contributed by atoms with Crippen LogP contribution in [0.4, 0.5) is 0 Å². The molecule has 0 radical (unpaired) electrons. The molecule has 0 aliphatic rings. The molecule has 0 spiro atoms. The van der Waals surface area contributed by atoms with E-state index in [9.17, 15) is 4.79 Å². The molecule has 4 rings (SSSR count). The van der Waals surface area contributed by atoms with Gasteiger partial charge in [0.1, 0.15) is 5.52 Å². The van der Waals surface area contributed by atoms with Gasteiger partial charge in [0.2, 0.25) is 0 Å². The predicted octanol–water partition coefficient (Wildman–Crippen LogP) is 3.66. The summed E-state index contributed by atoms with van der Waals surface area (Å²) in [6, 6.07) is 19.4. The zero-order chi connectivity index (χ0) is 19.5. The minimum Gasteiger partial charge on any atom is -0.351 e. The van der Waals surface area contributed by atoms with Crippen molar-refractivity contribution in [1.82, 2.24) is 25.3 Å². The summed E-state index contributed by atoms with van der Waals surface area (Å²) in [5.74, 6) is 0.125. The average molecular weight is 371 g/mol. The molecule has 2 aromatic heterocycles. The largest absolute Gasteiger partial charge is 0.351 e. The minimum absolute atomic E-state index is 0.110. The maximum Gasteiger partial charge on any atom is 0.251 e. The number of benzene rings is 2. The van der Waals surface area contributed by atoms with Crippen LogP contribution in [0, 0.1) is 6.92 Å². The molecule has 0 bridgehead atoms. The van der Waals surface area contributed by atoms with E-state index in [4.69, 9.17) is 0 Å². The second-order valence-electron chi connectivity index (χ2n) is 6.87. The summed E-state index contributed by atoms with van der Waals surface area (Å²) in [5, 5.41) is 11.4. The van der Waals surface area contributed by atoms with E-state index in [1.165, 1.54) is 5.56 Å². The first-order chi connectivity index (χ1) is 13.6. The number of aryl methyl sites for hydroxylation is 1. The number of fused-ring (bicyclic) bond motifs is 1. The molecule has 1 amide bonds. The summed E-state index contributed by atoms with van der Waals surface area (Å²) < 4.78 is 1.67. The monoisotopic (exact) mass is 371 g/mol. The van der Waals surface area contributed by atoms with Gasteiger partial charge >= 0.3 is 0 Å². The van der Waals surface area contributed by atoms with Crippen LogP contribution in [-0.4, -0.2) is 32.4 Å². The maximum absolute atomic E-state index is 12.7. The lowest BCUT2D eigenvalue weighted by Crippen LogP contribution is -2.27. The van der Waals surface area contributed by atoms with Crippen molar-refractivity contribution < 1.29 is 4.79 Å². The molecule has 0 saturated heterocycles. The number of hydrogen-bond acceptors (Lipinski definition) is 4. The number of rotatable bonds is 5. The number of carbonyl (C=O) groups is 1. The molecule has 2 heterocycles. The summed E-state index contributed by atoms with van der Waals surface area (Å²) in [4.78, 5) is 17.1. The Morgan fingerprint density at radius 3 is 2.75 bits per heavy atom. The first-order valence-electron chi connectivity index (χ1n) is 9.24. The van der Waals surface area contributed by atoms with E-state index in [1.807, 2.05) is 55.5 Å². The zero-order valence-corrected chi connectivity index (χ0v) is 15.8. The fraction of sp³-hybridized carbons (Fsp3) is 0.182. The highest BCUT2D eigenvalue weighted by Gasteiger charge is 2.14. The molecule has 1 N–H and O–H groups in total. The number of hydrogen-bond donors (Lipinski definition) is 1. The molecular formula is C22H21N5O. The van der Waals surface area contributed by atoms with Gasteiger partial charge in [-0.1, -0.05) is 48.5 Å². The third kappa shape index (κ3) is 3.49. The van der Waals surface area contributed by atoms with Crippen LogP contribution in [0.25, 0.3) is 16.9 Å². The minimum atomic E-state index is -0.110. The van der Waals surface area contributed by atoms with E-state index in [-0.39, 0.29) is 11.8 Å². The van der Waals surface area contributed by atoms with Crippen molar-refractivity contribution in [2.45, 2.75) is 19.8 Å². The summed E-state index contributed by atoms with van der Waals surface area (Å²) in [6.07, 6.45) is 1.71. The third-order valence-electron chi connectivity index (χ3n) is 4.85. The molecular weight excluding hydrogens is 350 g/mol. The fourth-order valence-corrected chi connectivity index (χ4v) is 3.15. The van der Waals surface area contributed by atoms with Gasteiger partial charge in [0.15, 0.2) is 5.65 Å². The Balaban J connectivity index is 1.56. The van der Waals surface area contributed by atoms with Gasteiger partial charge in [-0.05, 0) is 48.2 Å². The molecule has 0 aliphatic heterocycles. The Morgan fingerprint density at radius 1 is 1.11 bits per heavy atom. The smallest absolute Gasteiger partial charge is 0.251 e. The third-order valence-corrected chi connectivity index (χ3v) is 4.85. The Bertz CT molecular complexity index is 1120. The van der Waals surface area contributed by atoms with Crippen molar-refractivity contribution in [3.8, 4) is 5.69 Å². The summed E-state index contributed by atoms with van der Waals surface area (Å²) in [5.41, 5.74) is 4.96. The zero-order valence-electron chi connectivity index (χ0n) is 15.8. The van der Waals surface area contributed by atoms with Crippen LogP contribution < -0.4 is 5.32 Å². The lowest BCUT2D eigenvalue weighted by Gasteiger charge is -2.14. The Morgan fingerprint density at radius 2 is 1.93 bits per heavy atom. The Hall–Kier alpha value is -3.54. The van der Waals surface area contributed by atoms with Gasteiger partial charge in [-0.3, -0.25) is 4.79 Å². The van der Waals surface area contributed by atoms with Crippen molar-refractivity contribution in [3.05, 3.63) is 83.6 Å². The first-order valence-corrected chi connectivity index (χ1v) is 9.24. The highest BCUT2D eigenvalue weighted by Crippen LogP contribution is 2.20. The van der Waals surface area contributed by atoms with Gasteiger partial charge in [-0.2, -0.15) is 4.68 Å². The average Bonchev–Trinajstić information content (AvgIpc) is 3.16. The van der Waals surface area contributed by atoms with E-state index in [0.29, 0.717) is 23.3 Å². The maximum atomic E-state index is 12.7. The highest BCUT2D eigenvalue weighted by atomic mass is 16.1. The number of aromatic nitrogens is 4. The summed E-state index contributed by atoms with van der Waals surface area (Å²) in [7, 11) is 0. The van der Waals surface area contributed by atoms with Crippen LogP contribution in [0.1, 0.15) is 34.3 Å². The molecule has 6 nitrogen and oxygen atoms in total. The topological polar surface area (TPSA) is 72.7 Å². The molecule has 1 unspecified atom stereocenters. The van der Waals surface area contributed by atoms with E-state index in [2.05, 4.69) is 39.7 Å².